The molecule has 1 aliphatic heterocycles. The van der Waals surface area contributed by atoms with E-state index in [0.29, 0.717) is 43.0 Å². The van der Waals surface area contributed by atoms with Gasteiger partial charge in [-0.2, -0.15) is 0 Å². The van der Waals surface area contributed by atoms with Gasteiger partial charge in [-0.15, -0.1) is 0 Å². The van der Waals surface area contributed by atoms with Crippen molar-refractivity contribution in [3.8, 4) is 5.75 Å². The lowest BCUT2D eigenvalue weighted by Gasteiger charge is -2.25. The minimum atomic E-state index is -0.726. The van der Waals surface area contributed by atoms with E-state index in [1.807, 2.05) is 42.0 Å². The van der Waals surface area contributed by atoms with Gasteiger partial charge in [-0.25, -0.2) is 4.98 Å². The SMILES string of the molecule is C=CCOc1cccc(C2C(=C(O)c3ccc(C)cc3)C(=O)C(=O)N2CCCn2ccnc2)c1. The smallest absolute Gasteiger partial charge is 0.295 e. The normalized spacial score (nSPS) is 17.2. The number of nitrogens with zero attached hydrogens (tertiary/aromatic N) is 3. The number of carbonyl (C=O) groups excluding carboxylic acids is 2. The van der Waals surface area contributed by atoms with Gasteiger partial charge in [0.15, 0.2) is 0 Å². The molecule has 7 nitrogen and oxygen atoms in total. The molecule has 2 aromatic carbocycles. The fraction of sp³-hybridized carbons (Fsp3) is 0.222. The summed E-state index contributed by atoms with van der Waals surface area (Å²) < 4.78 is 7.59. The number of aromatic nitrogens is 2. The summed E-state index contributed by atoms with van der Waals surface area (Å²) in [6, 6.07) is 13.7. The number of aliphatic hydroxyl groups excluding tert-OH is 1. The second kappa shape index (κ2) is 10.2. The van der Waals surface area contributed by atoms with Gasteiger partial charge in [-0.3, -0.25) is 9.59 Å². The first-order valence-corrected chi connectivity index (χ1v) is 11.1. The maximum Gasteiger partial charge on any atom is 0.295 e. The van der Waals surface area contributed by atoms with E-state index in [2.05, 4.69) is 11.6 Å². The van der Waals surface area contributed by atoms with Crippen molar-refractivity contribution in [2.45, 2.75) is 25.9 Å². The number of ether oxygens (including phenoxy) is 1. The molecule has 1 atom stereocenters. The third kappa shape index (κ3) is 4.78. The number of carbonyl (C=O) groups is 2. The van der Waals surface area contributed by atoms with Crippen molar-refractivity contribution in [1.29, 1.82) is 0 Å². The summed E-state index contributed by atoms with van der Waals surface area (Å²) in [5, 5.41) is 11.2. The summed E-state index contributed by atoms with van der Waals surface area (Å²) in [5.41, 5.74) is 2.29. The highest BCUT2D eigenvalue weighted by atomic mass is 16.5. The summed E-state index contributed by atoms with van der Waals surface area (Å²) in [4.78, 5) is 31.8. The summed E-state index contributed by atoms with van der Waals surface area (Å²) in [5.74, 6) is -0.903. The molecule has 2 heterocycles. The Morgan fingerprint density at radius 1 is 1.18 bits per heavy atom. The molecule has 0 aliphatic carbocycles. The van der Waals surface area contributed by atoms with Crippen LogP contribution in [0.5, 0.6) is 5.75 Å². The molecule has 1 saturated heterocycles. The topological polar surface area (TPSA) is 84.7 Å². The number of hydrogen-bond acceptors (Lipinski definition) is 5. The van der Waals surface area contributed by atoms with Crippen molar-refractivity contribution < 1.29 is 19.4 Å². The Labute approximate surface area is 198 Å². The molecule has 3 aromatic rings. The molecule has 0 radical (unpaired) electrons. The van der Waals surface area contributed by atoms with Crippen LogP contribution in [0.15, 0.2) is 85.5 Å². The van der Waals surface area contributed by atoms with E-state index in [-0.39, 0.29) is 11.3 Å². The first-order valence-electron chi connectivity index (χ1n) is 11.1. The second-order valence-corrected chi connectivity index (χ2v) is 8.18. The van der Waals surface area contributed by atoms with Crippen molar-refractivity contribution in [1.82, 2.24) is 14.5 Å². The molecule has 1 unspecified atom stereocenters. The highest BCUT2D eigenvalue weighted by molar-refractivity contribution is 6.46. The van der Waals surface area contributed by atoms with E-state index in [4.69, 9.17) is 4.74 Å². The molecule has 4 rings (SSSR count). The molecule has 1 fully saturated rings. The molecule has 7 heteroatoms. The number of amides is 1. The van der Waals surface area contributed by atoms with Crippen LogP contribution in [-0.4, -0.2) is 44.4 Å². The second-order valence-electron chi connectivity index (χ2n) is 8.18. The van der Waals surface area contributed by atoms with Crippen molar-refractivity contribution >= 4 is 17.4 Å². The zero-order chi connectivity index (χ0) is 24.1. The summed E-state index contributed by atoms with van der Waals surface area (Å²) in [7, 11) is 0. The number of aryl methyl sites for hydroxylation is 2. The standard InChI is InChI=1S/C27H27N3O4/c1-3-16-34-22-7-4-6-21(17-22)24-23(25(31)20-10-8-19(2)9-11-20)26(32)27(33)30(24)14-5-13-29-15-12-28-18-29/h3-4,6-12,15,17-18,24,31H,1,5,13-14,16H2,2H3. The van der Waals surface area contributed by atoms with Crippen LogP contribution < -0.4 is 4.74 Å². The van der Waals surface area contributed by atoms with Crippen molar-refractivity contribution in [2.24, 2.45) is 0 Å². The minimum absolute atomic E-state index is 0.0809. The lowest BCUT2D eigenvalue weighted by molar-refractivity contribution is -0.139. The monoisotopic (exact) mass is 457 g/mol. The molecule has 1 aliphatic rings. The lowest BCUT2D eigenvalue weighted by atomic mass is 9.95. The van der Waals surface area contributed by atoms with Crippen molar-refractivity contribution in [3.05, 3.63) is 102 Å². The lowest BCUT2D eigenvalue weighted by Crippen LogP contribution is -2.31. The zero-order valence-corrected chi connectivity index (χ0v) is 19.1. The highest BCUT2D eigenvalue weighted by Crippen LogP contribution is 2.40. The Morgan fingerprint density at radius 3 is 2.68 bits per heavy atom. The summed E-state index contributed by atoms with van der Waals surface area (Å²) in [6.07, 6.45) is 7.53. The number of likely N-dealkylation sites (tertiary alicyclic amines) is 1. The van der Waals surface area contributed by atoms with Crippen LogP contribution in [0.4, 0.5) is 0 Å². The number of benzene rings is 2. The minimum Gasteiger partial charge on any atom is -0.507 e. The van der Waals surface area contributed by atoms with Crippen LogP contribution in [0.3, 0.4) is 0 Å². The van der Waals surface area contributed by atoms with Gasteiger partial charge in [0.2, 0.25) is 0 Å². The predicted molar refractivity (Wildman–Crippen MR) is 129 cm³/mol. The van der Waals surface area contributed by atoms with E-state index in [0.717, 1.165) is 5.56 Å². The fourth-order valence-electron chi connectivity index (χ4n) is 4.10. The van der Waals surface area contributed by atoms with Crippen LogP contribution in [0.25, 0.3) is 5.76 Å². The average molecular weight is 458 g/mol. The van der Waals surface area contributed by atoms with E-state index < -0.39 is 17.7 Å². The highest BCUT2D eigenvalue weighted by Gasteiger charge is 2.45. The van der Waals surface area contributed by atoms with Gasteiger partial charge in [0, 0.05) is 31.0 Å². The molecule has 0 bridgehead atoms. The molecule has 174 valence electrons. The van der Waals surface area contributed by atoms with E-state index in [1.165, 1.54) is 4.90 Å². The number of aliphatic hydroxyl groups is 1. The van der Waals surface area contributed by atoms with Gasteiger partial charge in [0.25, 0.3) is 11.7 Å². The predicted octanol–water partition coefficient (Wildman–Crippen LogP) is 4.27. The quantitative estimate of drug-likeness (QED) is 0.225. The Bertz CT molecular complexity index is 1210. The van der Waals surface area contributed by atoms with Gasteiger partial charge in [0.1, 0.15) is 18.1 Å². The van der Waals surface area contributed by atoms with E-state index in [9.17, 15) is 14.7 Å². The molecule has 0 spiro atoms. The van der Waals surface area contributed by atoms with Gasteiger partial charge >= 0.3 is 0 Å². The van der Waals surface area contributed by atoms with Crippen LogP contribution in [0.2, 0.25) is 0 Å². The van der Waals surface area contributed by atoms with Gasteiger partial charge in [-0.1, -0.05) is 54.6 Å². The molecule has 1 amide bonds. The van der Waals surface area contributed by atoms with Crippen molar-refractivity contribution in [2.75, 3.05) is 13.2 Å². The van der Waals surface area contributed by atoms with E-state index in [1.54, 1.807) is 42.9 Å². The third-order valence-electron chi connectivity index (χ3n) is 5.78. The third-order valence-corrected chi connectivity index (χ3v) is 5.78. The number of imidazole rings is 1. The zero-order valence-electron chi connectivity index (χ0n) is 19.1. The Kier molecular flexibility index (Phi) is 6.92. The van der Waals surface area contributed by atoms with Crippen molar-refractivity contribution in [3.63, 3.8) is 0 Å². The molecule has 1 aromatic heterocycles. The number of rotatable bonds is 9. The maximum absolute atomic E-state index is 13.2. The van der Waals surface area contributed by atoms with Crippen LogP contribution in [0, 0.1) is 6.92 Å². The maximum atomic E-state index is 13.2. The number of Topliss-reactive ketones (excluding diaryl/α,β-unsaturated/α-hetero) is 1. The average Bonchev–Trinajstić information content (AvgIpc) is 3.45. The summed E-state index contributed by atoms with van der Waals surface area (Å²) in [6.45, 7) is 6.93. The summed E-state index contributed by atoms with van der Waals surface area (Å²) >= 11 is 0. The largest absolute Gasteiger partial charge is 0.507 e. The van der Waals surface area contributed by atoms with Crippen LogP contribution in [0.1, 0.15) is 29.2 Å². The Balaban J connectivity index is 1.73. The Hall–Kier alpha value is -4.13. The first kappa shape index (κ1) is 23.0. The molecular formula is C27H27N3O4. The number of hydrogen-bond donors (Lipinski definition) is 1. The molecule has 1 N–H and O–H groups in total. The van der Waals surface area contributed by atoms with Gasteiger partial charge < -0.3 is 19.3 Å². The Morgan fingerprint density at radius 2 is 1.97 bits per heavy atom. The molecule has 34 heavy (non-hydrogen) atoms. The number of ketones is 1. The van der Waals surface area contributed by atoms with Crippen LogP contribution in [-0.2, 0) is 16.1 Å². The van der Waals surface area contributed by atoms with E-state index >= 15 is 0 Å². The van der Waals surface area contributed by atoms with Crippen LogP contribution >= 0.6 is 0 Å². The first-order chi connectivity index (χ1) is 16.5. The molecule has 0 saturated carbocycles. The van der Waals surface area contributed by atoms with Gasteiger partial charge in [0.05, 0.1) is 17.9 Å². The molecular weight excluding hydrogens is 430 g/mol. The fourth-order valence-corrected chi connectivity index (χ4v) is 4.10. The van der Waals surface area contributed by atoms with Gasteiger partial charge in [-0.05, 0) is 31.0 Å².